The van der Waals surface area contributed by atoms with Crippen LogP contribution in [0.2, 0.25) is 0 Å². The summed E-state index contributed by atoms with van der Waals surface area (Å²) in [7, 11) is 0. The van der Waals surface area contributed by atoms with Gasteiger partial charge in [-0.1, -0.05) is 54.6 Å². The Kier molecular flexibility index (Phi) is 2.53. The lowest BCUT2D eigenvalue weighted by atomic mass is 10.0. The van der Waals surface area contributed by atoms with E-state index in [1.54, 1.807) is 0 Å². The number of fused-ring (bicyclic) bond motifs is 5. The van der Waals surface area contributed by atoms with Crippen LogP contribution >= 0.6 is 0 Å². The van der Waals surface area contributed by atoms with Crippen LogP contribution in [0.4, 0.5) is 0 Å². The normalized spacial score (nSPS) is 11.5. The van der Waals surface area contributed by atoms with Crippen molar-refractivity contribution in [2.75, 3.05) is 0 Å². The molecule has 0 amide bonds. The molecule has 108 valence electrons. The Balaban J connectivity index is 1.86. The number of hydrogen-bond acceptors (Lipinski definition) is 1. The van der Waals surface area contributed by atoms with E-state index in [2.05, 4.69) is 70.6 Å². The number of aromatic nitrogens is 2. The fourth-order valence-corrected chi connectivity index (χ4v) is 3.32. The topological polar surface area (TPSA) is 28.7 Å². The van der Waals surface area contributed by atoms with E-state index in [1.165, 1.54) is 21.9 Å². The second-order valence-corrected chi connectivity index (χ2v) is 5.81. The molecule has 0 bridgehead atoms. The third-order valence-corrected chi connectivity index (χ3v) is 4.45. The number of hydrogen-bond donors (Lipinski definition) is 1. The average Bonchev–Trinajstić information content (AvgIpc) is 3.01. The van der Waals surface area contributed by atoms with Gasteiger partial charge in [-0.05, 0) is 29.3 Å². The van der Waals surface area contributed by atoms with Gasteiger partial charge in [0, 0.05) is 27.9 Å². The highest BCUT2D eigenvalue weighted by Gasteiger charge is 2.09. The van der Waals surface area contributed by atoms with Crippen molar-refractivity contribution in [3.8, 4) is 11.1 Å². The first-order valence-corrected chi connectivity index (χ1v) is 7.75. The van der Waals surface area contributed by atoms with Crippen molar-refractivity contribution in [3.63, 3.8) is 0 Å². The smallest absolute Gasteiger partial charge is 0.0943 e. The highest BCUT2D eigenvalue weighted by molar-refractivity contribution is 6.16. The molecule has 2 heteroatoms. The van der Waals surface area contributed by atoms with Crippen LogP contribution in [0.3, 0.4) is 0 Å². The van der Waals surface area contributed by atoms with E-state index in [4.69, 9.17) is 0 Å². The monoisotopic (exact) mass is 294 g/mol. The van der Waals surface area contributed by atoms with Crippen LogP contribution in [0.1, 0.15) is 0 Å². The Morgan fingerprint density at radius 2 is 1.61 bits per heavy atom. The molecule has 0 saturated carbocycles. The second-order valence-electron chi connectivity index (χ2n) is 5.81. The maximum Gasteiger partial charge on any atom is 0.0943 e. The summed E-state index contributed by atoms with van der Waals surface area (Å²) >= 11 is 0. The quantitative estimate of drug-likeness (QED) is 0.432. The maximum atomic E-state index is 4.55. The molecule has 5 rings (SSSR count). The summed E-state index contributed by atoms with van der Waals surface area (Å²) in [5, 5.41) is 3.63. The number of aromatic amines is 1. The zero-order valence-corrected chi connectivity index (χ0v) is 12.5. The van der Waals surface area contributed by atoms with Crippen molar-refractivity contribution in [3.05, 3.63) is 79.0 Å². The zero-order chi connectivity index (χ0) is 15.2. The molecule has 0 radical (unpaired) electrons. The Hall–Kier alpha value is -3.13. The highest BCUT2D eigenvalue weighted by Crippen LogP contribution is 2.32. The lowest BCUT2D eigenvalue weighted by molar-refractivity contribution is 1.41. The predicted octanol–water partition coefficient (Wildman–Crippen LogP) is 5.54. The van der Waals surface area contributed by atoms with Gasteiger partial charge in [-0.2, -0.15) is 0 Å². The van der Waals surface area contributed by atoms with Gasteiger partial charge >= 0.3 is 0 Å². The van der Waals surface area contributed by atoms with E-state index in [-0.39, 0.29) is 0 Å². The summed E-state index contributed by atoms with van der Waals surface area (Å²) in [6.07, 6.45) is 1.85. The molecule has 0 aliphatic rings. The molecule has 0 saturated heterocycles. The molecule has 5 aromatic rings. The molecular weight excluding hydrogens is 280 g/mol. The first-order chi connectivity index (χ1) is 11.4. The van der Waals surface area contributed by atoms with E-state index in [9.17, 15) is 0 Å². The van der Waals surface area contributed by atoms with E-state index in [0.717, 1.165) is 21.9 Å². The first-order valence-electron chi connectivity index (χ1n) is 7.75. The average molecular weight is 294 g/mol. The van der Waals surface area contributed by atoms with Crippen molar-refractivity contribution in [1.29, 1.82) is 0 Å². The fraction of sp³-hybridized carbons (Fsp3) is 0. The van der Waals surface area contributed by atoms with Gasteiger partial charge in [0.2, 0.25) is 0 Å². The largest absolute Gasteiger partial charge is 0.353 e. The molecule has 2 aromatic heterocycles. The number of benzene rings is 3. The molecule has 2 nitrogen and oxygen atoms in total. The van der Waals surface area contributed by atoms with Gasteiger partial charge in [0.25, 0.3) is 0 Å². The predicted molar refractivity (Wildman–Crippen MR) is 96.5 cm³/mol. The van der Waals surface area contributed by atoms with Gasteiger partial charge in [-0.15, -0.1) is 0 Å². The third kappa shape index (κ3) is 1.85. The molecule has 23 heavy (non-hydrogen) atoms. The summed E-state index contributed by atoms with van der Waals surface area (Å²) in [5.74, 6) is 0. The molecule has 0 unspecified atom stereocenters. The Bertz CT molecular complexity index is 1150. The van der Waals surface area contributed by atoms with Crippen LogP contribution in [0.5, 0.6) is 0 Å². The molecule has 1 N–H and O–H groups in total. The maximum absolute atomic E-state index is 4.55. The zero-order valence-electron chi connectivity index (χ0n) is 12.5. The SMILES string of the molecule is c1ccc(-c2ccc3[nH]c4c(ccc5cccnc54)c3c2)cc1. The van der Waals surface area contributed by atoms with Gasteiger partial charge in [-0.25, -0.2) is 0 Å². The summed E-state index contributed by atoms with van der Waals surface area (Å²) < 4.78 is 0. The molecule has 3 aromatic carbocycles. The van der Waals surface area contributed by atoms with E-state index < -0.39 is 0 Å². The lowest BCUT2D eigenvalue weighted by Gasteiger charge is -2.02. The van der Waals surface area contributed by atoms with E-state index >= 15 is 0 Å². The minimum atomic E-state index is 1.03. The van der Waals surface area contributed by atoms with Crippen molar-refractivity contribution in [1.82, 2.24) is 9.97 Å². The van der Waals surface area contributed by atoms with E-state index in [0.29, 0.717) is 0 Å². The van der Waals surface area contributed by atoms with Gasteiger partial charge < -0.3 is 4.98 Å². The first kappa shape index (κ1) is 12.4. The van der Waals surface area contributed by atoms with Crippen molar-refractivity contribution >= 4 is 32.7 Å². The number of H-pyrrole nitrogens is 1. The summed E-state index contributed by atoms with van der Waals surface area (Å²) in [6, 6.07) is 25.5. The Morgan fingerprint density at radius 1 is 0.696 bits per heavy atom. The summed E-state index contributed by atoms with van der Waals surface area (Å²) in [6.45, 7) is 0. The lowest BCUT2D eigenvalue weighted by Crippen LogP contribution is -1.79. The molecule has 0 fully saturated rings. The number of rotatable bonds is 1. The molecule has 0 spiro atoms. The van der Waals surface area contributed by atoms with E-state index in [1.807, 2.05) is 18.3 Å². The van der Waals surface area contributed by atoms with Gasteiger partial charge in [-0.3, -0.25) is 4.98 Å². The highest BCUT2D eigenvalue weighted by atomic mass is 14.8. The standard InChI is InChI=1S/C21H14N2/c1-2-5-14(6-3-1)16-9-11-19-18(13-16)17-10-8-15-7-4-12-22-20(15)21(17)23-19/h1-13,23H. The van der Waals surface area contributed by atoms with Crippen LogP contribution in [-0.4, -0.2) is 9.97 Å². The van der Waals surface area contributed by atoms with Crippen LogP contribution in [0.25, 0.3) is 43.8 Å². The summed E-state index contributed by atoms with van der Waals surface area (Å²) in [4.78, 5) is 8.09. The minimum absolute atomic E-state index is 1.03. The minimum Gasteiger partial charge on any atom is -0.353 e. The van der Waals surface area contributed by atoms with Crippen LogP contribution in [0, 0.1) is 0 Å². The second kappa shape index (κ2) is 4.68. The van der Waals surface area contributed by atoms with Crippen LogP contribution in [-0.2, 0) is 0 Å². The molecule has 0 atom stereocenters. The molecule has 0 aliphatic carbocycles. The van der Waals surface area contributed by atoms with Crippen molar-refractivity contribution < 1.29 is 0 Å². The van der Waals surface area contributed by atoms with Crippen LogP contribution in [0.15, 0.2) is 79.0 Å². The number of nitrogens with zero attached hydrogens (tertiary/aromatic N) is 1. The molecular formula is C21H14N2. The number of nitrogens with one attached hydrogen (secondary N) is 1. The van der Waals surface area contributed by atoms with Crippen LogP contribution < -0.4 is 0 Å². The van der Waals surface area contributed by atoms with Gasteiger partial charge in [0.15, 0.2) is 0 Å². The Labute approximate surface area is 133 Å². The van der Waals surface area contributed by atoms with Crippen molar-refractivity contribution in [2.45, 2.75) is 0 Å². The summed E-state index contributed by atoms with van der Waals surface area (Å²) in [5.41, 5.74) is 5.77. The molecule has 2 heterocycles. The number of pyridine rings is 1. The third-order valence-electron chi connectivity index (χ3n) is 4.45. The van der Waals surface area contributed by atoms with Gasteiger partial charge in [0.05, 0.1) is 11.0 Å². The molecule has 0 aliphatic heterocycles. The van der Waals surface area contributed by atoms with Gasteiger partial charge in [0.1, 0.15) is 0 Å². The Morgan fingerprint density at radius 3 is 2.52 bits per heavy atom. The van der Waals surface area contributed by atoms with Crippen molar-refractivity contribution in [2.24, 2.45) is 0 Å². The fourth-order valence-electron chi connectivity index (χ4n) is 3.32.